The van der Waals surface area contributed by atoms with Crippen molar-refractivity contribution in [2.75, 3.05) is 6.66 Å². The van der Waals surface area contributed by atoms with Crippen LogP contribution in [0.15, 0.2) is 36.4 Å². The first-order valence-electron chi connectivity index (χ1n) is 6.69. The molecule has 0 nitrogen and oxygen atoms in total. The molecular weight excluding hydrogens is 235 g/mol. The second-order valence-corrected chi connectivity index (χ2v) is 5.57. The lowest BCUT2D eigenvalue weighted by Gasteiger charge is -2.22. The van der Waals surface area contributed by atoms with E-state index in [1.807, 2.05) is 13.8 Å². The van der Waals surface area contributed by atoms with Gasteiger partial charge in [-0.25, -0.2) is 0 Å². The Kier molecular flexibility index (Phi) is 4.19. The highest BCUT2D eigenvalue weighted by Gasteiger charge is 2.17. The maximum absolute atomic E-state index is 2.36. The van der Waals surface area contributed by atoms with Crippen LogP contribution < -0.4 is 0 Å². The summed E-state index contributed by atoms with van der Waals surface area (Å²) in [4.78, 5) is 0. The minimum Gasteiger partial charge on any atom is -0.113 e. The second kappa shape index (κ2) is 5.67. The van der Waals surface area contributed by atoms with Gasteiger partial charge in [-0.2, -0.15) is 0 Å². The van der Waals surface area contributed by atoms with Crippen molar-refractivity contribution in [1.29, 1.82) is 0 Å². The molecule has 0 bridgehead atoms. The first-order chi connectivity index (χ1) is 8.81. The summed E-state index contributed by atoms with van der Waals surface area (Å²) in [5.41, 5.74) is 4.99. The third-order valence-electron chi connectivity index (χ3n) is 3.43. The van der Waals surface area contributed by atoms with E-state index in [9.17, 15) is 0 Å². The smallest absolute Gasteiger partial charge is 0.0202 e. The fourth-order valence-corrected chi connectivity index (χ4v) is 3.57. The van der Waals surface area contributed by atoms with Gasteiger partial charge in [-0.1, -0.05) is 56.3 Å². The normalized spacial score (nSPS) is 17.0. The van der Waals surface area contributed by atoms with Crippen LogP contribution in [-0.2, 0) is 0 Å². The molecule has 1 aliphatic rings. The van der Waals surface area contributed by atoms with E-state index in [4.69, 9.17) is 0 Å². The van der Waals surface area contributed by atoms with Gasteiger partial charge in [0.1, 0.15) is 0 Å². The number of benzene rings is 2. The minimum atomic E-state index is 0.624. The van der Waals surface area contributed by atoms with Crippen molar-refractivity contribution in [3.63, 3.8) is 0 Å². The molecule has 0 amide bonds. The van der Waals surface area contributed by atoms with Crippen LogP contribution >= 0.6 is 8.58 Å². The number of hydrogen-bond acceptors (Lipinski definition) is 0. The second-order valence-electron chi connectivity index (χ2n) is 4.37. The zero-order valence-corrected chi connectivity index (χ0v) is 12.6. The van der Waals surface area contributed by atoms with E-state index >= 15 is 0 Å². The Bertz CT molecular complexity index is 581. The van der Waals surface area contributed by atoms with E-state index in [0.717, 1.165) is 8.58 Å². The number of allylic oxidation sites excluding steroid dienone is 1. The maximum Gasteiger partial charge on any atom is 0.0202 e. The number of hydrogen-bond donors (Lipinski definition) is 0. The van der Waals surface area contributed by atoms with Gasteiger partial charge in [0.05, 0.1) is 0 Å². The quantitative estimate of drug-likeness (QED) is 0.587. The predicted octanol–water partition coefficient (Wildman–Crippen LogP) is 5.55. The van der Waals surface area contributed by atoms with E-state index in [1.54, 1.807) is 5.56 Å². The summed E-state index contributed by atoms with van der Waals surface area (Å²) in [6.07, 6.45) is 4.65. The molecule has 18 heavy (non-hydrogen) atoms. The summed E-state index contributed by atoms with van der Waals surface area (Å²) in [5, 5.41) is 2.86. The van der Waals surface area contributed by atoms with Crippen LogP contribution in [0.25, 0.3) is 16.8 Å². The van der Waals surface area contributed by atoms with E-state index in [1.165, 1.54) is 21.9 Å². The van der Waals surface area contributed by atoms with Gasteiger partial charge in [-0.05, 0) is 41.1 Å². The molecule has 0 aliphatic heterocycles. The molecule has 2 unspecified atom stereocenters. The van der Waals surface area contributed by atoms with E-state index in [0.29, 0.717) is 5.66 Å². The molecule has 2 aromatic rings. The predicted molar refractivity (Wildman–Crippen MR) is 86.0 cm³/mol. The first-order valence-corrected chi connectivity index (χ1v) is 8.26. The van der Waals surface area contributed by atoms with Gasteiger partial charge in [0.15, 0.2) is 0 Å². The fourth-order valence-electron chi connectivity index (χ4n) is 2.62. The van der Waals surface area contributed by atoms with Gasteiger partial charge in [0.2, 0.25) is 0 Å². The van der Waals surface area contributed by atoms with Crippen molar-refractivity contribution in [3.8, 4) is 0 Å². The van der Waals surface area contributed by atoms with Crippen LogP contribution in [0.5, 0.6) is 0 Å². The number of aryl methyl sites for hydroxylation is 1. The highest BCUT2D eigenvalue weighted by Crippen LogP contribution is 2.43. The molecule has 0 heterocycles. The van der Waals surface area contributed by atoms with Gasteiger partial charge >= 0.3 is 0 Å². The summed E-state index contributed by atoms with van der Waals surface area (Å²) in [6, 6.07) is 11.1. The molecule has 0 saturated carbocycles. The van der Waals surface area contributed by atoms with Crippen LogP contribution in [0.3, 0.4) is 0 Å². The van der Waals surface area contributed by atoms with Crippen molar-refractivity contribution < 1.29 is 0 Å². The standard InChI is InChI=1S/C15H15P.C2H6/c1-10-6-7-11-4-3-5-12-8-9-13(16-2)14(10)15(11)12;1-2/h3-9,13,16H,1-2H3;1-2H3. The molecule has 0 N–H and O–H groups in total. The van der Waals surface area contributed by atoms with Gasteiger partial charge in [0, 0.05) is 5.66 Å². The van der Waals surface area contributed by atoms with Crippen LogP contribution in [-0.4, -0.2) is 6.66 Å². The third-order valence-corrected chi connectivity index (χ3v) is 4.53. The van der Waals surface area contributed by atoms with Crippen LogP contribution in [0.1, 0.15) is 36.2 Å². The van der Waals surface area contributed by atoms with E-state index in [2.05, 4.69) is 56.1 Å². The lowest BCUT2D eigenvalue weighted by molar-refractivity contribution is 1.19. The average Bonchev–Trinajstić information content (AvgIpc) is 2.45. The van der Waals surface area contributed by atoms with Gasteiger partial charge in [-0.3, -0.25) is 0 Å². The lowest BCUT2D eigenvalue weighted by atomic mass is 9.90. The Balaban J connectivity index is 0.000000574. The molecule has 0 radical (unpaired) electrons. The Morgan fingerprint density at radius 2 is 1.83 bits per heavy atom. The van der Waals surface area contributed by atoms with Crippen molar-refractivity contribution in [1.82, 2.24) is 0 Å². The molecule has 1 heteroatoms. The molecule has 0 aromatic heterocycles. The summed E-state index contributed by atoms with van der Waals surface area (Å²) >= 11 is 0. The van der Waals surface area contributed by atoms with Crippen LogP contribution in [0, 0.1) is 6.92 Å². The maximum atomic E-state index is 2.36. The highest BCUT2D eigenvalue weighted by atomic mass is 31.1. The lowest BCUT2D eigenvalue weighted by Crippen LogP contribution is -1.99. The average molecular weight is 256 g/mol. The zero-order chi connectivity index (χ0) is 13.1. The zero-order valence-electron chi connectivity index (χ0n) is 11.6. The summed E-state index contributed by atoms with van der Waals surface area (Å²) < 4.78 is 0. The molecular formula is C17H21P. The molecule has 0 saturated heterocycles. The largest absolute Gasteiger partial charge is 0.113 e. The Morgan fingerprint density at radius 3 is 2.56 bits per heavy atom. The van der Waals surface area contributed by atoms with Crippen molar-refractivity contribution >= 4 is 25.4 Å². The highest BCUT2D eigenvalue weighted by molar-refractivity contribution is 7.37. The Hall–Kier alpha value is -1.13. The monoisotopic (exact) mass is 256 g/mol. The van der Waals surface area contributed by atoms with Crippen LogP contribution in [0.2, 0.25) is 0 Å². The molecule has 0 fully saturated rings. The molecule has 2 aromatic carbocycles. The SMILES string of the molecule is CC.CPC1C=Cc2cccc3ccc(C)c1c23. The number of rotatable bonds is 1. The Morgan fingerprint density at radius 1 is 1.06 bits per heavy atom. The molecule has 94 valence electrons. The summed E-state index contributed by atoms with van der Waals surface area (Å²) in [7, 11) is 0.944. The molecule has 1 aliphatic carbocycles. The van der Waals surface area contributed by atoms with Crippen molar-refractivity contribution in [2.24, 2.45) is 0 Å². The third kappa shape index (κ3) is 2.10. The fraction of sp³-hybridized carbons (Fsp3) is 0.294. The molecule has 3 rings (SSSR count). The minimum absolute atomic E-state index is 0.624. The van der Waals surface area contributed by atoms with Crippen LogP contribution in [0.4, 0.5) is 0 Å². The molecule has 2 atom stereocenters. The Labute approximate surface area is 112 Å². The van der Waals surface area contributed by atoms with E-state index in [-0.39, 0.29) is 0 Å². The first kappa shape index (κ1) is 13.3. The summed E-state index contributed by atoms with van der Waals surface area (Å²) in [6.45, 7) is 8.53. The topological polar surface area (TPSA) is 0 Å². The van der Waals surface area contributed by atoms with Gasteiger partial charge in [0.25, 0.3) is 0 Å². The van der Waals surface area contributed by atoms with Crippen molar-refractivity contribution in [3.05, 3.63) is 53.1 Å². The molecule has 0 spiro atoms. The van der Waals surface area contributed by atoms with Crippen molar-refractivity contribution in [2.45, 2.75) is 26.4 Å². The van der Waals surface area contributed by atoms with Gasteiger partial charge in [-0.15, -0.1) is 8.58 Å². The summed E-state index contributed by atoms with van der Waals surface area (Å²) in [5.74, 6) is 0. The van der Waals surface area contributed by atoms with E-state index < -0.39 is 0 Å². The van der Waals surface area contributed by atoms with Gasteiger partial charge < -0.3 is 0 Å².